The number of hydrogen-bond donors (Lipinski definition) is 1. The van der Waals surface area contributed by atoms with Gasteiger partial charge in [0.05, 0.1) is 0 Å². The molecule has 0 spiro atoms. The van der Waals surface area contributed by atoms with Gasteiger partial charge in [-0.25, -0.2) is 15.0 Å². The molecule has 0 aromatic carbocycles. The SMILES string of the molecule is Nc1nccc(Oc2ncccn2)n1. The number of hydrogen-bond acceptors (Lipinski definition) is 6. The van der Waals surface area contributed by atoms with Crippen LogP contribution in [0.1, 0.15) is 0 Å². The molecule has 14 heavy (non-hydrogen) atoms. The zero-order chi connectivity index (χ0) is 9.80. The van der Waals surface area contributed by atoms with Crippen LogP contribution < -0.4 is 10.5 Å². The zero-order valence-electron chi connectivity index (χ0n) is 7.16. The summed E-state index contributed by atoms with van der Waals surface area (Å²) < 4.78 is 5.21. The second-order valence-corrected chi connectivity index (χ2v) is 2.39. The van der Waals surface area contributed by atoms with Crippen molar-refractivity contribution in [2.24, 2.45) is 0 Å². The number of aromatic nitrogens is 4. The number of nitrogens with two attached hydrogens (primary N) is 1. The van der Waals surface area contributed by atoms with E-state index in [2.05, 4.69) is 19.9 Å². The van der Waals surface area contributed by atoms with Gasteiger partial charge in [0.25, 0.3) is 0 Å². The molecule has 6 nitrogen and oxygen atoms in total. The van der Waals surface area contributed by atoms with Crippen LogP contribution in [0.25, 0.3) is 0 Å². The van der Waals surface area contributed by atoms with Crippen LogP contribution in [0.15, 0.2) is 30.7 Å². The van der Waals surface area contributed by atoms with Gasteiger partial charge in [-0.2, -0.15) is 4.98 Å². The molecule has 0 saturated heterocycles. The van der Waals surface area contributed by atoms with Gasteiger partial charge >= 0.3 is 6.01 Å². The Kier molecular flexibility index (Phi) is 2.18. The highest BCUT2D eigenvalue weighted by Crippen LogP contribution is 2.12. The molecule has 6 heteroatoms. The van der Waals surface area contributed by atoms with Crippen LogP contribution in [-0.2, 0) is 0 Å². The van der Waals surface area contributed by atoms with Crippen LogP contribution in [0.3, 0.4) is 0 Å². The summed E-state index contributed by atoms with van der Waals surface area (Å²) in [5.41, 5.74) is 5.37. The van der Waals surface area contributed by atoms with Crippen molar-refractivity contribution in [2.45, 2.75) is 0 Å². The first-order valence-corrected chi connectivity index (χ1v) is 3.88. The van der Waals surface area contributed by atoms with Gasteiger partial charge in [0, 0.05) is 24.7 Å². The molecule has 0 aliphatic rings. The third-order valence-electron chi connectivity index (χ3n) is 1.39. The fraction of sp³-hybridized carbons (Fsp3) is 0. The van der Waals surface area contributed by atoms with E-state index in [-0.39, 0.29) is 12.0 Å². The normalized spacial score (nSPS) is 9.71. The van der Waals surface area contributed by atoms with Gasteiger partial charge in [0.1, 0.15) is 0 Å². The van der Waals surface area contributed by atoms with Crippen molar-refractivity contribution < 1.29 is 4.74 Å². The van der Waals surface area contributed by atoms with Crippen LogP contribution in [0.4, 0.5) is 5.95 Å². The van der Waals surface area contributed by atoms with Crippen LogP contribution in [0, 0.1) is 0 Å². The molecule has 2 heterocycles. The van der Waals surface area contributed by atoms with E-state index in [1.165, 1.54) is 6.20 Å². The molecular formula is C8H7N5O. The van der Waals surface area contributed by atoms with Gasteiger partial charge in [-0.15, -0.1) is 0 Å². The summed E-state index contributed by atoms with van der Waals surface area (Å²) >= 11 is 0. The monoisotopic (exact) mass is 189 g/mol. The van der Waals surface area contributed by atoms with Crippen molar-refractivity contribution in [3.63, 3.8) is 0 Å². The van der Waals surface area contributed by atoms with Crippen molar-refractivity contribution in [2.75, 3.05) is 5.73 Å². The molecule has 0 unspecified atom stereocenters. The Balaban J connectivity index is 2.19. The fourth-order valence-electron chi connectivity index (χ4n) is 0.845. The van der Waals surface area contributed by atoms with Crippen LogP contribution >= 0.6 is 0 Å². The molecule has 0 bridgehead atoms. The highest BCUT2D eigenvalue weighted by Gasteiger charge is 2.00. The summed E-state index contributed by atoms with van der Waals surface area (Å²) in [6, 6.07) is 3.50. The third kappa shape index (κ3) is 1.92. The lowest BCUT2D eigenvalue weighted by Gasteiger charge is -2.00. The third-order valence-corrected chi connectivity index (χ3v) is 1.39. The Morgan fingerprint density at radius 1 is 1.07 bits per heavy atom. The van der Waals surface area contributed by atoms with Gasteiger partial charge in [-0.1, -0.05) is 0 Å². The minimum Gasteiger partial charge on any atom is -0.405 e. The Labute approximate surface area is 79.8 Å². The molecule has 0 saturated carbocycles. The number of rotatable bonds is 2. The first-order chi connectivity index (χ1) is 6.84. The summed E-state index contributed by atoms with van der Waals surface area (Å²) in [6.45, 7) is 0. The molecule has 0 aliphatic heterocycles. The summed E-state index contributed by atoms with van der Waals surface area (Å²) in [5.74, 6) is 0.474. The molecule has 2 aromatic heterocycles. The maximum atomic E-state index is 5.37. The number of nitrogen functional groups attached to an aromatic ring is 1. The molecule has 0 atom stereocenters. The van der Waals surface area contributed by atoms with E-state index in [9.17, 15) is 0 Å². The summed E-state index contributed by atoms with van der Waals surface area (Å²) in [4.78, 5) is 15.3. The highest BCUT2D eigenvalue weighted by atomic mass is 16.5. The van der Waals surface area contributed by atoms with Gasteiger partial charge in [0.15, 0.2) is 0 Å². The fourth-order valence-corrected chi connectivity index (χ4v) is 0.845. The maximum Gasteiger partial charge on any atom is 0.323 e. The Hall–Kier alpha value is -2.24. The second kappa shape index (κ2) is 3.65. The number of anilines is 1. The van der Waals surface area contributed by atoms with Gasteiger partial charge in [0.2, 0.25) is 11.8 Å². The molecule has 0 radical (unpaired) electrons. The van der Waals surface area contributed by atoms with E-state index in [4.69, 9.17) is 10.5 Å². The quantitative estimate of drug-likeness (QED) is 0.745. The lowest BCUT2D eigenvalue weighted by molar-refractivity contribution is 0.424. The smallest absolute Gasteiger partial charge is 0.323 e. The molecule has 2 aromatic rings. The van der Waals surface area contributed by atoms with E-state index in [1.807, 2.05) is 0 Å². The van der Waals surface area contributed by atoms with E-state index in [0.29, 0.717) is 5.88 Å². The first-order valence-electron chi connectivity index (χ1n) is 3.88. The maximum absolute atomic E-state index is 5.37. The molecule has 0 amide bonds. The lowest BCUT2D eigenvalue weighted by Crippen LogP contribution is -1.97. The second-order valence-electron chi connectivity index (χ2n) is 2.39. The van der Waals surface area contributed by atoms with Gasteiger partial charge in [-0.3, -0.25) is 0 Å². The summed E-state index contributed by atoms with van der Waals surface area (Å²) in [7, 11) is 0. The molecule has 70 valence electrons. The predicted molar refractivity (Wildman–Crippen MR) is 48.6 cm³/mol. The number of nitrogens with zero attached hydrogens (tertiary/aromatic N) is 4. The van der Waals surface area contributed by atoms with E-state index in [1.54, 1.807) is 24.5 Å². The van der Waals surface area contributed by atoms with Crippen molar-refractivity contribution in [1.82, 2.24) is 19.9 Å². The Bertz CT molecular complexity index is 419. The predicted octanol–water partition coefficient (Wildman–Crippen LogP) is 0.641. The summed E-state index contributed by atoms with van der Waals surface area (Å²) in [5, 5.41) is 0. The standard InChI is InChI=1S/C8H7N5O/c9-7-10-5-2-6(13-7)14-8-11-3-1-4-12-8/h1-5H,(H2,9,10,13). The minimum absolute atomic E-state index is 0.151. The van der Waals surface area contributed by atoms with E-state index in [0.717, 1.165) is 0 Å². The van der Waals surface area contributed by atoms with Gasteiger partial charge in [-0.05, 0) is 6.07 Å². The topological polar surface area (TPSA) is 86.8 Å². The van der Waals surface area contributed by atoms with Crippen LogP contribution in [0.5, 0.6) is 11.9 Å². The highest BCUT2D eigenvalue weighted by molar-refractivity contribution is 5.22. The van der Waals surface area contributed by atoms with E-state index >= 15 is 0 Å². The Morgan fingerprint density at radius 3 is 2.57 bits per heavy atom. The molecule has 2 N–H and O–H groups in total. The first kappa shape index (κ1) is 8.36. The minimum atomic E-state index is 0.151. The largest absolute Gasteiger partial charge is 0.405 e. The average molecular weight is 189 g/mol. The molecule has 0 fully saturated rings. The molecular weight excluding hydrogens is 182 g/mol. The zero-order valence-corrected chi connectivity index (χ0v) is 7.16. The molecule has 2 rings (SSSR count). The molecule has 0 aliphatic carbocycles. The van der Waals surface area contributed by atoms with Crippen molar-refractivity contribution >= 4 is 5.95 Å². The average Bonchev–Trinajstić information content (AvgIpc) is 2.19. The van der Waals surface area contributed by atoms with Crippen molar-refractivity contribution in [1.29, 1.82) is 0 Å². The van der Waals surface area contributed by atoms with Crippen molar-refractivity contribution in [3.05, 3.63) is 30.7 Å². The van der Waals surface area contributed by atoms with Crippen molar-refractivity contribution in [3.8, 4) is 11.9 Å². The Morgan fingerprint density at radius 2 is 1.86 bits per heavy atom. The van der Waals surface area contributed by atoms with E-state index < -0.39 is 0 Å². The lowest BCUT2D eigenvalue weighted by atomic mass is 10.6. The van der Waals surface area contributed by atoms with Crippen LogP contribution in [-0.4, -0.2) is 19.9 Å². The van der Waals surface area contributed by atoms with Gasteiger partial charge < -0.3 is 10.5 Å². The van der Waals surface area contributed by atoms with Crippen LogP contribution in [0.2, 0.25) is 0 Å². The number of ether oxygens (including phenoxy) is 1. The summed E-state index contributed by atoms with van der Waals surface area (Å²) in [6.07, 6.45) is 4.65.